The molecule has 0 saturated carbocycles. The zero-order chi connectivity index (χ0) is 11.5. The van der Waals surface area contributed by atoms with Crippen LogP contribution in [0.2, 0.25) is 0 Å². The number of aromatic nitrogens is 2. The summed E-state index contributed by atoms with van der Waals surface area (Å²) in [5, 5.41) is 7.04. The predicted molar refractivity (Wildman–Crippen MR) is 59.8 cm³/mol. The molecule has 2 aromatic rings. The summed E-state index contributed by atoms with van der Waals surface area (Å²) in [6.45, 7) is 1.80. The lowest BCUT2D eigenvalue weighted by atomic mass is 10.3. The van der Waals surface area contributed by atoms with Gasteiger partial charge in [-0.2, -0.15) is 5.10 Å². The van der Waals surface area contributed by atoms with E-state index in [1.54, 1.807) is 37.2 Å². The number of nitrogens with zero attached hydrogens (tertiary/aromatic N) is 2. The minimum absolute atomic E-state index is 0.0409. The average molecular weight is 219 g/mol. The van der Waals surface area contributed by atoms with Crippen LogP contribution in [0.5, 0.6) is 0 Å². The van der Waals surface area contributed by atoms with Crippen LogP contribution >= 0.6 is 0 Å². The Balaban J connectivity index is 2.34. The summed E-state index contributed by atoms with van der Waals surface area (Å²) >= 11 is 0. The third-order valence-corrected chi connectivity index (χ3v) is 2.18. The lowest BCUT2D eigenvalue weighted by Crippen LogP contribution is -2.09. The van der Waals surface area contributed by atoms with Gasteiger partial charge in [0.1, 0.15) is 0 Å². The minimum atomic E-state index is -0.0409. The van der Waals surface area contributed by atoms with Crippen molar-refractivity contribution < 1.29 is 9.21 Å². The van der Waals surface area contributed by atoms with E-state index in [4.69, 9.17) is 4.42 Å². The van der Waals surface area contributed by atoms with Crippen molar-refractivity contribution in [3.05, 3.63) is 24.6 Å². The second-order valence-corrected chi connectivity index (χ2v) is 3.44. The second kappa shape index (κ2) is 4.22. The number of hydrogen-bond acceptors (Lipinski definition) is 3. The van der Waals surface area contributed by atoms with E-state index in [1.165, 1.54) is 0 Å². The Labute approximate surface area is 93.1 Å². The molecule has 16 heavy (non-hydrogen) atoms. The van der Waals surface area contributed by atoms with Crippen molar-refractivity contribution in [3.63, 3.8) is 0 Å². The number of carbonyl (C=O) groups excluding carboxylic acids is 1. The summed E-state index contributed by atoms with van der Waals surface area (Å²) in [5.41, 5.74) is 1.32. The van der Waals surface area contributed by atoms with Gasteiger partial charge in [0.2, 0.25) is 5.91 Å². The van der Waals surface area contributed by atoms with Crippen LogP contribution in [-0.4, -0.2) is 15.7 Å². The van der Waals surface area contributed by atoms with Gasteiger partial charge >= 0.3 is 0 Å². The number of hydrogen-bond donors (Lipinski definition) is 1. The van der Waals surface area contributed by atoms with E-state index in [1.807, 2.05) is 6.07 Å². The van der Waals surface area contributed by atoms with Crippen molar-refractivity contribution >= 4 is 11.6 Å². The van der Waals surface area contributed by atoms with Gasteiger partial charge in [-0.3, -0.25) is 9.48 Å². The normalized spacial score (nSPS) is 10.4. The predicted octanol–water partition coefficient (Wildman–Crippen LogP) is 2.03. The fourth-order valence-corrected chi connectivity index (χ4v) is 1.41. The molecule has 0 atom stereocenters. The van der Waals surface area contributed by atoms with E-state index >= 15 is 0 Å². The molecule has 2 rings (SSSR count). The van der Waals surface area contributed by atoms with E-state index < -0.39 is 0 Å². The maximum absolute atomic E-state index is 11.3. The molecule has 0 fully saturated rings. The Morgan fingerprint density at radius 3 is 3.06 bits per heavy atom. The first-order valence-corrected chi connectivity index (χ1v) is 5.08. The van der Waals surface area contributed by atoms with Crippen LogP contribution in [0.4, 0.5) is 5.69 Å². The summed E-state index contributed by atoms with van der Waals surface area (Å²) < 4.78 is 6.90. The fraction of sp³-hybridized carbons (Fsp3) is 0.273. The van der Waals surface area contributed by atoms with Crippen LogP contribution in [0.15, 0.2) is 29.0 Å². The van der Waals surface area contributed by atoms with Crippen LogP contribution in [0.25, 0.3) is 11.5 Å². The largest absolute Gasteiger partial charge is 0.463 e. The number of anilines is 1. The molecule has 5 heteroatoms. The molecule has 84 valence electrons. The summed E-state index contributed by atoms with van der Waals surface area (Å²) in [5.74, 6) is 0.604. The van der Waals surface area contributed by atoms with Gasteiger partial charge in [0.05, 0.1) is 12.0 Å². The molecule has 0 bridgehead atoms. The van der Waals surface area contributed by atoms with Crippen molar-refractivity contribution in [1.29, 1.82) is 0 Å². The maximum Gasteiger partial charge on any atom is 0.224 e. The van der Waals surface area contributed by atoms with Crippen molar-refractivity contribution in [3.8, 4) is 11.5 Å². The molecule has 0 aliphatic carbocycles. The molecule has 1 amide bonds. The highest BCUT2D eigenvalue weighted by Crippen LogP contribution is 2.26. The first kappa shape index (κ1) is 10.5. The maximum atomic E-state index is 11.3. The molecule has 0 spiro atoms. The standard InChI is InChI=1S/C11H13N3O2/c1-3-10(15)12-8-7-14(2)13-11(8)9-5-4-6-16-9/h4-7H,3H2,1-2H3,(H,12,15). The first-order valence-electron chi connectivity index (χ1n) is 5.08. The van der Waals surface area contributed by atoms with E-state index in [0.29, 0.717) is 23.6 Å². The minimum Gasteiger partial charge on any atom is -0.463 e. The first-order chi connectivity index (χ1) is 7.70. The summed E-state index contributed by atoms with van der Waals surface area (Å²) in [6.07, 6.45) is 3.77. The summed E-state index contributed by atoms with van der Waals surface area (Å²) in [4.78, 5) is 11.3. The third-order valence-electron chi connectivity index (χ3n) is 2.18. The number of aryl methyl sites for hydroxylation is 1. The Morgan fingerprint density at radius 2 is 2.44 bits per heavy atom. The van der Waals surface area contributed by atoms with Gasteiger partial charge in [-0.1, -0.05) is 6.92 Å². The smallest absolute Gasteiger partial charge is 0.224 e. The van der Waals surface area contributed by atoms with Crippen molar-refractivity contribution in [1.82, 2.24) is 9.78 Å². The highest BCUT2D eigenvalue weighted by molar-refractivity contribution is 5.93. The number of amides is 1. The Kier molecular flexibility index (Phi) is 2.76. The van der Waals surface area contributed by atoms with Gasteiger partial charge in [-0.05, 0) is 12.1 Å². The monoisotopic (exact) mass is 219 g/mol. The van der Waals surface area contributed by atoms with Gasteiger partial charge in [-0.15, -0.1) is 0 Å². The number of furan rings is 1. The van der Waals surface area contributed by atoms with Crippen LogP contribution in [0.1, 0.15) is 13.3 Å². The van der Waals surface area contributed by atoms with Crippen LogP contribution in [-0.2, 0) is 11.8 Å². The Bertz CT molecular complexity index is 485. The topological polar surface area (TPSA) is 60.1 Å². The molecular weight excluding hydrogens is 206 g/mol. The number of carbonyl (C=O) groups is 1. The number of rotatable bonds is 3. The van der Waals surface area contributed by atoms with E-state index in [9.17, 15) is 4.79 Å². The highest BCUT2D eigenvalue weighted by Gasteiger charge is 2.13. The van der Waals surface area contributed by atoms with Crippen molar-refractivity contribution in [2.45, 2.75) is 13.3 Å². The highest BCUT2D eigenvalue weighted by atomic mass is 16.3. The lowest BCUT2D eigenvalue weighted by molar-refractivity contribution is -0.115. The summed E-state index contributed by atoms with van der Waals surface area (Å²) in [6, 6.07) is 3.60. The van der Waals surface area contributed by atoms with E-state index in [2.05, 4.69) is 10.4 Å². The SMILES string of the molecule is CCC(=O)Nc1cn(C)nc1-c1ccco1. The molecule has 0 radical (unpaired) electrons. The average Bonchev–Trinajstić information content (AvgIpc) is 2.87. The van der Waals surface area contributed by atoms with Gasteiger partial charge in [-0.25, -0.2) is 0 Å². The molecule has 0 saturated heterocycles. The second-order valence-electron chi connectivity index (χ2n) is 3.44. The summed E-state index contributed by atoms with van der Waals surface area (Å²) in [7, 11) is 1.80. The third kappa shape index (κ3) is 1.98. The molecular formula is C11H13N3O2. The molecule has 1 N–H and O–H groups in total. The van der Waals surface area contributed by atoms with E-state index in [0.717, 1.165) is 0 Å². The zero-order valence-electron chi connectivity index (χ0n) is 9.23. The van der Waals surface area contributed by atoms with E-state index in [-0.39, 0.29) is 5.91 Å². The van der Waals surface area contributed by atoms with Gasteiger partial charge in [0.15, 0.2) is 11.5 Å². The van der Waals surface area contributed by atoms with Gasteiger partial charge in [0, 0.05) is 19.7 Å². The Hall–Kier alpha value is -2.04. The fourth-order valence-electron chi connectivity index (χ4n) is 1.41. The molecule has 2 heterocycles. The molecule has 5 nitrogen and oxygen atoms in total. The van der Waals surface area contributed by atoms with Gasteiger partial charge < -0.3 is 9.73 Å². The van der Waals surface area contributed by atoms with Crippen LogP contribution in [0, 0.1) is 0 Å². The Morgan fingerprint density at radius 1 is 1.62 bits per heavy atom. The molecule has 0 unspecified atom stereocenters. The quantitative estimate of drug-likeness (QED) is 0.859. The molecule has 0 aromatic carbocycles. The molecule has 2 aromatic heterocycles. The molecule has 0 aliphatic heterocycles. The van der Waals surface area contributed by atoms with Crippen molar-refractivity contribution in [2.24, 2.45) is 7.05 Å². The molecule has 0 aliphatic rings. The lowest BCUT2D eigenvalue weighted by Gasteiger charge is -2.00. The van der Waals surface area contributed by atoms with Crippen LogP contribution in [0.3, 0.4) is 0 Å². The van der Waals surface area contributed by atoms with Gasteiger partial charge in [0.25, 0.3) is 0 Å². The zero-order valence-corrected chi connectivity index (χ0v) is 9.23. The van der Waals surface area contributed by atoms with Crippen LogP contribution < -0.4 is 5.32 Å². The van der Waals surface area contributed by atoms with Crippen molar-refractivity contribution in [2.75, 3.05) is 5.32 Å². The number of nitrogens with one attached hydrogen (secondary N) is 1.